The maximum absolute atomic E-state index is 11.9. The van der Waals surface area contributed by atoms with Gasteiger partial charge < -0.3 is 10.1 Å². The van der Waals surface area contributed by atoms with E-state index in [1.807, 2.05) is 12.3 Å². The Kier molecular flexibility index (Phi) is 6.13. The Morgan fingerprint density at radius 3 is 3.10 bits per heavy atom. The van der Waals surface area contributed by atoms with E-state index in [1.165, 1.54) is 11.3 Å². The van der Waals surface area contributed by atoms with Crippen molar-refractivity contribution in [3.63, 3.8) is 0 Å². The molecule has 1 saturated heterocycles. The molecule has 0 spiro atoms. The highest BCUT2D eigenvalue weighted by Gasteiger charge is 2.29. The van der Waals surface area contributed by atoms with Crippen molar-refractivity contribution < 1.29 is 14.3 Å². The number of esters is 1. The minimum atomic E-state index is -0.202. The zero-order chi connectivity index (χ0) is 15.1. The average molecular weight is 311 g/mol. The van der Waals surface area contributed by atoms with Crippen LogP contribution in [0, 0.1) is 0 Å². The highest BCUT2D eigenvalue weighted by Crippen LogP contribution is 2.19. The van der Waals surface area contributed by atoms with E-state index in [0.29, 0.717) is 24.7 Å². The molecule has 1 aromatic heterocycles. The summed E-state index contributed by atoms with van der Waals surface area (Å²) >= 11 is 1.39. The average Bonchev–Trinajstić information content (AvgIpc) is 2.98. The molecule has 0 bridgehead atoms. The zero-order valence-corrected chi connectivity index (χ0v) is 13.0. The number of rotatable bonds is 6. The first-order valence-electron chi connectivity index (χ1n) is 7.30. The van der Waals surface area contributed by atoms with Crippen molar-refractivity contribution in [1.82, 2.24) is 9.88 Å². The van der Waals surface area contributed by atoms with Gasteiger partial charge in [-0.25, -0.2) is 4.98 Å². The van der Waals surface area contributed by atoms with Crippen molar-refractivity contribution in [2.24, 2.45) is 0 Å². The van der Waals surface area contributed by atoms with Crippen LogP contribution in [-0.4, -0.2) is 47.5 Å². The van der Waals surface area contributed by atoms with Crippen LogP contribution in [0.4, 0.5) is 5.13 Å². The standard InChI is InChI=1S/C14H21N3O3S/c1-2-20-13(19)11-5-3-4-8-17(11)9-6-12(18)16-14-15-7-10-21-14/h7,10-11H,2-6,8-9H2,1H3,(H,15,16,18). The van der Waals surface area contributed by atoms with Gasteiger partial charge in [-0.1, -0.05) is 6.42 Å². The van der Waals surface area contributed by atoms with E-state index in [0.717, 1.165) is 25.8 Å². The molecule has 1 fully saturated rings. The fourth-order valence-electron chi connectivity index (χ4n) is 2.48. The van der Waals surface area contributed by atoms with Gasteiger partial charge in [-0.05, 0) is 26.3 Å². The molecule has 1 aliphatic rings. The molecule has 0 aliphatic carbocycles. The van der Waals surface area contributed by atoms with Crippen molar-refractivity contribution in [3.05, 3.63) is 11.6 Å². The molecule has 1 aromatic rings. The van der Waals surface area contributed by atoms with Gasteiger partial charge in [-0.15, -0.1) is 11.3 Å². The first-order valence-corrected chi connectivity index (χ1v) is 8.18. The summed E-state index contributed by atoms with van der Waals surface area (Å²) in [7, 11) is 0. The summed E-state index contributed by atoms with van der Waals surface area (Å²) in [6.07, 6.45) is 4.92. The fraction of sp³-hybridized carbons (Fsp3) is 0.643. The number of piperidine rings is 1. The summed E-state index contributed by atoms with van der Waals surface area (Å²) in [5.74, 6) is -0.240. The third kappa shape index (κ3) is 4.78. The molecule has 6 nitrogen and oxygen atoms in total. The number of nitrogens with one attached hydrogen (secondary N) is 1. The summed E-state index contributed by atoms with van der Waals surface area (Å²) in [6, 6.07) is -0.202. The van der Waals surface area contributed by atoms with Crippen LogP contribution in [0.5, 0.6) is 0 Å². The quantitative estimate of drug-likeness (QED) is 0.812. The number of anilines is 1. The van der Waals surface area contributed by atoms with Crippen LogP contribution in [0.1, 0.15) is 32.6 Å². The lowest BCUT2D eigenvalue weighted by atomic mass is 10.0. The highest BCUT2D eigenvalue weighted by molar-refractivity contribution is 7.13. The van der Waals surface area contributed by atoms with Crippen molar-refractivity contribution in [1.29, 1.82) is 0 Å². The second kappa shape index (κ2) is 8.09. The Morgan fingerprint density at radius 1 is 1.52 bits per heavy atom. The molecule has 1 N–H and O–H groups in total. The Labute approximate surface area is 128 Å². The summed E-state index contributed by atoms with van der Waals surface area (Å²) < 4.78 is 5.11. The lowest BCUT2D eigenvalue weighted by molar-refractivity contribution is -0.151. The molecule has 1 amide bonds. The monoisotopic (exact) mass is 311 g/mol. The van der Waals surface area contributed by atoms with Crippen LogP contribution in [0.25, 0.3) is 0 Å². The lowest BCUT2D eigenvalue weighted by Gasteiger charge is -2.33. The third-order valence-corrected chi connectivity index (χ3v) is 4.17. The first kappa shape index (κ1) is 15.9. The van der Waals surface area contributed by atoms with Crippen molar-refractivity contribution >= 4 is 28.3 Å². The van der Waals surface area contributed by atoms with E-state index in [4.69, 9.17) is 4.74 Å². The van der Waals surface area contributed by atoms with E-state index in [9.17, 15) is 9.59 Å². The number of carbonyl (C=O) groups is 2. The number of likely N-dealkylation sites (tertiary alicyclic amines) is 1. The third-order valence-electron chi connectivity index (χ3n) is 3.48. The Hall–Kier alpha value is -1.47. The molecular weight excluding hydrogens is 290 g/mol. The Balaban J connectivity index is 1.81. The van der Waals surface area contributed by atoms with Crippen molar-refractivity contribution in [2.75, 3.05) is 25.0 Å². The number of hydrogen-bond acceptors (Lipinski definition) is 6. The van der Waals surface area contributed by atoms with Crippen LogP contribution < -0.4 is 5.32 Å². The highest BCUT2D eigenvalue weighted by atomic mass is 32.1. The molecule has 1 unspecified atom stereocenters. The number of ether oxygens (including phenoxy) is 1. The SMILES string of the molecule is CCOC(=O)C1CCCCN1CCC(=O)Nc1nccs1. The number of hydrogen-bond donors (Lipinski definition) is 1. The number of carbonyl (C=O) groups excluding carboxylic acids is 2. The summed E-state index contributed by atoms with van der Waals surface area (Å²) in [5, 5.41) is 5.18. The summed E-state index contributed by atoms with van der Waals surface area (Å²) in [5.41, 5.74) is 0. The van der Waals surface area contributed by atoms with Gasteiger partial charge in [-0.2, -0.15) is 0 Å². The van der Waals surface area contributed by atoms with Crippen LogP contribution in [0.2, 0.25) is 0 Å². The van der Waals surface area contributed by atoms with Gasteiger partial charge in [0.2, 0.25) is 5.91 Å². The normalized spacial score (nSPS) is 19.2. The maximum atomic E-state index is 11.9. The molecular formula is C14H21N3O3S. The first-order chi connectivity index (χ1) is 10.2. The van der Waals surface area contributed by atoms with Crippen LogP contribution in [0.15, 0.2) is 11.6 Å². The topological polar surface area (TPSA) is 71.5 Å². The molecule has 0 saturated carbocycles. The van der Waals surface area contributed by atoms with Crippen molar-refractivity contribution in [2.45, 2.75) is 38.6 Å². The molecule has 0 aromatic carbocycles. The fourth-order valence-corrected chi connectivity index (χ4v) is 3.02. The van der Waals surface area contributed by atoms with E-state index < -0.39 is 0 Å². The minimum Gasteiger partial charge on any atom is -0.465 e. The smallest absolute Gasteiger partial charge is 0.323 e. The number of thiazole rings is 1. The van der Waals surface area contributed by atoms with Gasteiger partial charge in [0.15, 0.2) is 5.13 Å². The Morgan fingerprint density at radius 2 is 2.38 bits per heavy atom. The molecule has 7 heteroatoms. The lowest BCUT2D eigenvalue weighted by Crippen LogP contribution is -2.46. The van der Waals surface area contributed by atoms with Gasteiger partial charge in [-0.3, -0.25) is 14.5 Å². The molecule has 2 rings (SSSR count). The predicted molar refractivity (Wildman–Crippen MR) is 81.2 cm³/mol. The van der Waals surface area contributed by atoms with Gasteiger partial charge >= 0.3 is 5.97 Å². The number of aromatic nitrogens is 1. The minimum absolute atomic E-state index is 0.0712. The number of amides is 1. The molecule has 21 heavy (non-hydrogen) atoms. The predicted octanol–water partition coefficient (Wildman–Crippen LogP) is 1.89. The molecule has 2 heterocycles. The Bertz CT molecular complexity index is 464. The van der Waals surface area contributed by atoms with Gasteiger partial charge in [0, 0.05) is 24.5 Å². The van der Waals surface area contributed by atoms with E-state index in [-0.39, 0.29) is 17.9 Å². The van der Waals surface area contributed by atoms with Crippen LogP contribution in [-0.2, 0) is 14.3 Å². The van der Waals surface area contributed by atoms with E-state index >= 15 is 0 Å². The van der Waals surface area contributed by atoms with Crippen molar-refractivity contribution in [3.8, 4) is 0 Å². The van der Waals surface area contributed by atoms with Gasteiger partial charge in [0.05, 0.1) is 6.61 Å². The summed E-state index contributed by atoms with van der Waals surface area (Å²) in [6.45, 7) is 3.62. The van der Waals surface area contributed by atoms with Gasteiger partial charge in [0.1, 0.15) is 6.04 Å². The van der Waals surface area contributed by atoms with Crippen LogP contribution >= 0.6 is 11.3 Å². The molecule has 1 aliphatic heterocycles. The van der Waals surface area contributed by atoms with E-state index in [1.54, 1.807) is 6.20 Å². The van der Waals surface area contributed by atoms with Crippen LogP contribution in [0.3, 0.4) is 0 Å². The summed E-state index contributed by atoms with van der Waals surface area (Å²) in [4.78, 5) is 29.9. The second-order valence-electron chi connectivity index (χ2n) is 4.94. The largest absolute Gasteiger partial charge is 0.465 e. The molecule has 116 valence electrons. The zero-order valence-electron chi connectivity index (χ0n) is 12.2. The van der Waals surface area contributed by atoms with Gasteiger partial charge in [0.25, 0.3) is 0 Å². The maximum Gasteiger partial charge on any atom is 0.323 e. The molecule has 1 atom stereocenters. The second-order valence-corrected chi connectivity index (χ2v) is 5.83. The van der Waals surface area contributed by atoms with E-state index in [2.05, 4.69) is 15.2 Å². The number of nitrogens with zero attached hydrogens (tertiary/aromatic N) is 2. The molecule has 0 radical (unpaired) electrons.